The second kappa shape index (κ2) is 6.39. The molecule has 1 saturated carbocycles. The van der Waals surface area contributed by atoms with Gasteiger partial charge < -0.3 is 14.5 Å². The van der Waals surface area contributed by atoms with Crippen molar-refractivity contribution in [3.05, 3.63) is 17.9 Å². The Morgan fingerprint density at radius 2 is 2.04 bits per heavy atom. The number of furan rings is 1. The zero-order valence-corrected chi connectivity index (χ0v) is 12.9. The number of carbonyl (C=O) groups is 2. The molecule has 23 heavy (non-hydrogen) atoms. The van der Waals surface area contributed by atoms with Crippen molar-refractivity contribution in [3.8, 4) is 6.07 Å². The molecule has 9 nitrogen and oxygen atoms in total. The zero-order valence-electron chi connectivity index (χ0n) is 12.1. The highest BCUT2D eigenvalue weighted by atomic mass is 32.2. The molecule has 1 fully saturated rings. The molecule has 124 valence electrons. The van der Waals surface area contributed by atoms with Crippen molar-refractivity contribution >= 4 is 21.9 Å². The summed E-state index contributed by atoms with van der Waals surface area (Å²) in [5.74, 6) is -2.01. The van der Waals surface area contributed by atoms with Crippen molar-refractivity contribution in [3.63, 3.8) is 0 Å². The standard InChI is InChI=1S/C13H15N3O6S/c14-8-13(5-1-2-6-13)16-10(17)7-21-12(18)9-3-4-11(22-9)23(15,19)20/h3-4H,1-2,5-7H2,(H,16,17)(H2,15,19,20). The third-order valence-electron chi connectivity index (χ3n) is 3.45. The Hall–Kier alpha value is -2.38. The highest BCUT2D eigenvalue weighted by molar-refractivity contribution is 7.89. The fourth-order valence-corrected chi connectivity index (χ4v) is 2.79. The van der Waals surface area contributed by atoms with Crippen molar-refractivity contribution in [2.75, 3.05) is 6.61 Å². The maximum atomic E-state index is 11.8. The van der Waals surface area contributed by atoms with Gasteiger partial charge in [0.15, 0.2) is 6.61 Å². The first-order chi connectivity index (χ1) is 10.8. The van der Waals surface area contributed by atoms with E-state index in [1.165, 1.54) is 0 Å². The van der Waals surface area contributed by atoms with Crippen LogP contribution in [0.2, 0.25) is 0 Å². The average molecular weight is 341 g/mol. The van der Waals surface area contributed by atoms with Crippen LogP contribution in [0.3, 0.4) is 0 Å². The Morgan fingerprint density at radius 1 is 1.39 bits per heavy atom. The molecule has 3 N–H and O–H groups in total. The summed E-state index contributed by atoms with van der Waals surface area (Å²) in [6.07, 6.45) is 2.80. The van der Waals surface area contributed by atoms with Crippen LogP contribution in [0.15, 0.2) is 21.6 Å². The molecule has 0 aromatic carbocycles. The summed E-state index contributed by atoms with van der Waals surface area (Å²) in [5, 5.41) is 16.0. The SMILES string of the molecule is N#CC1(NC(=O)COC(=O)c2ccc(S(N)(=O)=O)o2)CCCC1. The van der Waals surface area contributed by atoms with Crippen molar-refractivity contribution in [2.45, 2.75) is 36.3 Å². The number of nitrogens with two attached hydrogens (primary N) is 1. The molecular formula is C13H15N3O6S. The zero-order chi connectivity index (χ0) is 17.1. The van der Waals surface area contributed by atoms with Crippen LogP contribution in [0.5, 0.6) is 0 Å². The minimum Gasteiger partial charge on any atom is -0.450 e. The van der Waals surface area contributed by atoms with E-state index in [0.29, 0.717) is 12.8 Å². The van der Waals surface area contributed by atoms with Crippen molar-refractivity contribution in [1.82, 2.24) is 5.32 Å². The fraction of sp³-hybridized carbons (Fsp3) is 0.462. The first-order valence-corrected chi connectivity index (χ1v) is 8.32. The van der Waals surface area contributed by atoms with Gasteiger partial charge in [0.25, 0.3) is 15.9 Å². The monoisotopic (exact) mass is 341 g/mol. The number of esters is 1. The van der Waals surface area contributed by atoms with Crippen molar-refractivity contribution in [2.24, 2.45) is 5.14 Å². The molecular weight excluding hydrogens is 326 g/mol. The number of nitriles is 1. The molecule has 0 unspecified atom stereocenters. The number of nitrogens with zero attached hydrogens (tertiary/aromatic N) is 1. The molecule has 1 aliphatic rings. The third kappa shape index (κ3) is 4.08. The summed E-state index contributed by atoms with van der Waals surface area (Å²) in [7, 11) is -4.06. The Morgan fingerprint density at radius 3 is 2.57 bits per heavy atom. The first kappa shape index (κ1) is 17.0. The summed E-state index contributed by atoms with van der Waals surface area (Å²) in [6, 6.07) is 4.16. The van der Waals surface area contributed by atoms with E-state index in [4.69, 9.17) is 19.6 Å². The lowest BCUT2D eigenvalue weighted by molar-refractivity contribution is -0.125. The number of rotatable bonds is 5. The molecule has 10 heteroatoms. The number of hydrogen-bond donors (Lipinski definition) is 2. The largest absolute Gasteiger partial charge is 0.450 e. The highest BCUT2D eigenvalue weighted by Crippen LogP contribution is 2.28. The number of ether oxygens (including phenoxy) is 1. The molecule has 0 bridgehead atoms. The smallest absolute Gasteiger partial charge is 0.374 e. The summed E-state index contributed by atoms with van der Waals surface area (Å²) in [6.45, 7) is -0.604. The van der Waals surface area contributed by atoms with Gasteiger partial charge in [0.2, 0.25) is 10.9 Å². The van der Waals surface area contributed by atoms with Crippen LogP contribution in [-0.2, 0) is 19.6 Å². The lowest BCUT2D eigenvalue weighted by Crippen LogP contribution is -2.46. The van der Waals surface area contributed by atoms with Gasteiger partial charge in [-0.2, -0.15) is 5.26 Å². The molecule has 1 aromatic rings. The van der Waals surface area contributed by atoms with Crippen LogP contribution < -0.4 is 10.5 Å². The van der Waals surface area contributed by atoms with Gasteiger partial charge in [-0.3, -0.25) is 4.79 Å². The van der Waals surface area contributed by atoms with Gasteiger partial charge in [0, 0.05) is 0 Å². The van der Waals surface area contributed by atoms with E-state index < -0.39 is 44.9 Å². The molecule has 0 radical (unpaired) electrons. The van der Waals surface area contributed by atoms with Gasteiger partial charge in [-0.15, -0.1) is 0 Å². The van der Waals surface area contributed by atoms with E-state index in [0.717, 1.165) is 25.0 Å². The lowest BCUT2D eigenvalue weighted by Gasteiger charge is -2.21. The molecule has 1 aromatic heterocycles. The van der Waals surface area contributed by atoms with Crippen LogP contribution >= 0.6 is 0 Å². The lowest BCUT2D eigenvalue weighted by atomic mass is 10.00. The van der Waals surface area contributed by atoms with Gasteiger partial charge in [0.1, 0.15) is 5.54 Å². The number of carbonyl (C=O) groups excluding carboxylic acids is 2. The number of hydrogen-bond acceptors (Lipinski definition) is 7. The van der Waals surface area contributed by atoms with E-state index >= 15 is 0 Å². The topological polar surface area (TPSA) is 152 Å². The van der Waals surface area contributed by atoms with Gasteiger partial charge in [-0.25, -0.2) is 18.4 Å². The van der Waals surface area contributed by atoms with Crippen LogP contribution in [0.25, 0.3) is 0 Å². The highest BCUT2D eigenvalue weighted by Gasteiger charge is 2.35. The maximum absolute atomic E-state index is 11.8. The second-order valence-electron chi connectivity index (χ2n) is 5.19. The molecule has 1 aliphatic carbocycles. The Balaban J connectivity index is 1.90. The molecule has 1 amide bonds. The van der Waals surface area contributed by atoms with Gasteiger partial charge in [-0.05, 0) is 37.8 Å². The van der Waals surface area contributed by atoms with Crippen LogP contribution in [0.4, 0.5) is 0 Å². The third-order valence-corrected chi connectivity index (χ3v) is 4.23. The van der Waals surface area contributed by atoms with Crippen LogP contribution in [0, 0.1) is 11.3 Å². The van der Waals surface area contributed by atoms with E-state index in [2.05, 4.69) is 11.4 Å². The predicted octanol–water partition coefficient (Wildman–Crippen LogP) is 0.0364. The fourth-order valence-electron chi connectivity index (χ4n) is 2.33. The summed E-state index contributed by atoms with van der Waals surface area (Å²) < 4.78 is 31.5. The predicted molar refractivity (Wildman–Crippen MR) is 75.3 cm³/mol. The van der Waals surface area contributed by atoms with Gasteiger partial charge in [-0.1, -0.05) is 0 Å². The Kier molecular flexibility index (Phi) is 4.72. The average Bonchev–Trinajstić information content (AvgIpc) is 3.13. The normalized spacial score (nSPS) is 16.5. The van der Waals surface area contributed by atoms with Gasteiger partial charge >= 0.3 is 5.97 Å². The molecule has 0 spiro atoms. The van der Waals surface area contributed by atoms with E-state index in [9.17, 15) is 18.0 Å². The molecule has 1 heterocycles. The number of amides is 1. The number of nitrogens with one attached hydrogen (secondary N) is 1. The minimum atomic E-state index is -4.06. The quantitative estimate of drug-likeness (QED) is 0.717. The summed E-state index contributed by atoms with van der Waals surface area (Å²) >= 11 is 0. The summed E-state index contributed by atoms with van der Waals surface area (Å²) in [5.41, 5.74) is -0.908. The Bertz CT molecular complexity index is 755. The van der Waals surface area contributed by atoms with E-state index in [1.807, 2.05) is 0 Å². The van der Waals surface area contributed by atoms with Gasteiger partial charge in [0.05, 0.1) is 6.07 Å². The number of primary sulfonamides is 1. The summed E-state index contributed by atoms with van der Waals surface area (Å²) in [4.78, 5) is 23.5. The van der Waals surface area contributed by atoms with Crippen molar-refractivity contribution in [1.29, 1.82) is 5.26 Å². The van der Waals surface area contributed by atoms with Crippen LogP contribution in [0.1, 0.15) is 36.2 Å². The number of sulfonamides is 1. The first-order valence-electron chi connectivity index (χ1n) is 6.78. The molecule has 0 saturated heterocycles. The second-order valence-corrected chi connectivity index (χ2v) is 6.68. The van der Waals surface area contributed by atoms with Crippen molar-refractivity contribution < 1.29 is 27.2 Å². The van der Waals surface area contributed by atoms with Crippen LogP contribution in [-0.4, -0.2) is 32.4 Å². The molecule has 0 atom stereocenters. The molecule has 0 aliphatic heterocycles. The Labute approximate surface area is 132 Å². The molecule has 2 rings (SSSR count). The maximum Gasteiger partial charge on any atom is 0.374 e. The minimum absolute atomic E-state index is 0.391. The van der Waals surface area contributed by atoms with E-state index in [-0.39, 0.29) is 0 Å². The van der Waals surface area contributed by atoms with E-state index in [1.54, 1.807) is 0 Å².